The summed E-state index contributed by atoms with van der Waals surface area (Å²) < 4.78 is 10.6. The van der Waals surface area contributed by atoms with Crippen LogP contribution in [-0.2, 0) is 14.3 Å². The first-order valence-electron chi connectivity index (χ1n) is 9.16. The lowest BCUT2D eigenvalue weighted by molar-refractivity contribution is -0.124. The number of hydrogen-bond donors (Lipinski definition) is 1. The van der Waals surface area contributed by atoms with E-state index in [9.17, 15) is 14.4 Å². The summed E-state index contributed by atoms with van der Waals surface area (Å²) in [4.78, 5) is 37.8. The summed E-state index contributed by atoms with van der Waals surface area (Å²) in [6.07, 6.45) is 1.23. The van der Waals surface area contributed by atoms with E-state index in [0.717, 1.165) is 12.2 Å². The van der Waals surface area contributed by atoms with Crippen molar-refractivity contribution in [2.24, 2.45) is 0 Å². The van der Waals surface area contributed by atoms with Crippen LogP contribution in [0.5, 0.6) is 5.75 Å². The minimum absolute atomic E-state index is 0.0172. The van der Waals surface area contributed by atoms with E-state index < -0.39 is 18.5 Å². The number of para-hydroxylation sites is 2. The molecule has 0 atom stereocenters. The normalized spacial score (nSPS) is 13.3. The second-order valence-corrected chi connectivity index (χ2v) is 6.25. The average molecular weight is 382 g/mol. The van der Waals surface area contributed by atoms with Crippen LogP contribution in [0.4, 0.5) is 5.69 Å². The molecule has 2 aromatic rings. The number of rotatable bonds is 8. The fourth-order valence-electron chi connectivity index (χ4n) is 2.92. The van der Waals surface area contributed by atoms with E-state index in [4.69, 9.17) is 9.47 Å². The Kier molecular flexibility index (Phi) is 6.62. The lowest BCUT2D eigenvalue weighted by Gasteiger charge is -2.18. The van der Waals surface area contributed by atoms with Gasteiger partial charge in [-0.15, -0.1) is 0 Å². The first-order valence-corrected chi connectivity index (χ1v) is 9.16. The second kappa shape index (κ2) is 9.55. The van der Waals surface area contributed by atoms with E-state index in [0.29, 0.717) is 31.8 Å². The van der Waals surface area contributed by atoms with Crippen LogP contribution in [0.1, 0.15) is 23.2 Å². The van der Waals surface area contributed by atoms with E-state index in [1.165, 1.54) is 0 Å². The predicted molar refractivity (Wildman–Crippen MR) is 103 cm³/mol. The molecule has 28 heavy (non-hydrogen) atoms. The number of benzene rings is 2. The third kappa shape index (κ3) is 5.09. The quantitative estimate of drug-likeness (QED) is 0.559. The molecule has 1 fully saturated rings. The molecule has 2 aromatic carbocycles. The molecule has 0 unspecified atom stereocenters. The molecule has 146 valence electrons. The first kappa shape index (κ1) is 19.4. The fourth-order valence-corrected chi connectivity index (χ4v) is 2.92. The Labute approximate surface area is 163 Å². The first-order chi connectivity index (χ1) is 13.6. The van der Waals surface area contributed by atoms with Crippen LogP contribution in [0, 0.1) is 0 Å². The summed E-state index contributed by atoms with van der Waals surface area (Å²) in [5.41, 5.74) is 0.796. The molecular weight excluding hydrogens is 360 g/mol. The summed E-state index contributed by atoms with van der Waals surface area (Å²) in [6, 6.07) is 16.0. The molecular formula is C21H22N2O5. The molecule has 1 saturated heterocycles. The molecule has 0 radical (unpaired) electrons. The maximum absolute atomic E-state index is 12.4. The number of nitrogens with one attached hydrogen (secondary N) is 1. The Balaban J connectivity index is 1.45. The molecule has 0 saturated carbocycles. The molecule has 1 aliphatic rings. The third-order valence-corrected chi connectivity index (χ3v) is 4.26. The highest BCUT2D eigenvalue weighted by Gasteiger charge is 2.26. The van der Waals surface area contributed by atoms with E-state index >= 15 is 0 Å². The van der Waals surface area contributed by atoms with Crippen LogP contribution in [0.25, 0.3) is 0 Å². The van der Waals surface area contributed by atoms with Crippen molar-refractivity contribution >= 4 is 23.5 Å². The van der Waals surface area contributed by atoms with Crippen molar-refractivity contribution in [3.8, 4) is 5.75 Å². The summed E-state index contributed by atoms with van der Waals surface area (Å²) in [7, 11) is 0. The zero-order valence-electron chi connectivity index (χ0n) is 15.4. The number of ether oxygens (including phenoxy) is 2. The van der Waals surface area contributed by atoms with Crippen molar-refractivity contribution in [3.05, 3.63) is 60.2 Å². The minimum atomic E-state index is -0.633. The Morgan fingerprint density at radius 3 is 2.54 bits per heavy atom. The Morgan fingerprint density at radius 2 is 1.79 bits per heavy atom. The molecule has 0 bridgehead atoms. The van der Waals surface area contributed by atoms with Crippen molar-refractivity contribution in [2.45, 2.75) is 12.8 Å². The number of amides is 2. The highest BCUT2D eigenvalue weighted by Crippen LogP contribution is 2.25. The fraction of sp³-hybridized carbons (Fsp3) is 0.286. The zero-order valence-corrected chi connectivity index (χ0v) is 15.4. The van der Waals surface area contributed by atoms with Gasteiger partial charge in [-0.3, -0.25) is 9.59 Å². The van der Waals surface area contributed by atoms with Gasteiger partial charge < -0.3 is 19.7 Å². The predicted octanol–water partition coefficient (Wildman–Crippen LogP) is 2.17. The van der Waals surface area contributed by atoms with Gasteiger partial charge in [0.25, 0.3) is 5.91 Å². The highest BCUT2D eigenvalue weighted by atomic mass is 16.5. The summed E-state index contributed by atoms with van der Waals surface area (Å²) in [5, 5.41) is 2.63. The largest absolute Gasteiger partial charge is 0.492 e. The van der Waals surface area contributed by atoms with Gasteiger partial charge in [-0.25, -0.2) is 4.79 Å². The van der Waals surface area contributed by atoms with Gasteiger partial charge in [0.1, 0.15) is 12.4 Å². The molecule has 3 rings (SSSR count). The van der Waals surface area contributed by atoms with Gasteiger partial charge in [0.2, 0.25) is 5.91 Å². The lowest BCUT2D eigenvalue weighted by Crippen LogP contribution is -2.32. The van der Waals surface area contributed by atoms with Crippen molar-refractivity contribution in [1.82, 2.24) is 5.32 Å². The van der Waals surface area contributed by atoms with Crippen LogP contribution < -0.4 is 15.0 Å². The Bertz CT molecular complexity index is 838. The molecule has 1 N–H and O–H groups in total. The van der Waals surface area contributed by atoms with E-state index in [1.54, 1.807) is 29.2 Å². The standard InChI is InChI=1S/C21H22N2O5/c24-19(22-12-14-27-16-7-2-1-3-8-16)15-28-21(26)17-9-4-5-10-18(17)23-13-6-11-20(23)25/h1-5,7-10H,6,11-15H2,(H,22,24). The monoisotopic (exact) mass is 382 g/mol. The van der Waals surface area contributed by atoms with Gasteiger partial charge in [0, 0.05) is 13.0 Å². The smallest absolute Gasteiger partial charge is 0.340 e. The van der Waals surface area contributed by atoms with Gasteiger partial charge in [0.05, 0.1) is 17.8 Å². The molecule has 0 aliphatic carbocycles. The van der Waals surface area contributed by atoms with Crippen LogP contribution >= 0.6 is 0 Å². The highest BCUT2D eigenvalue weighted by molar-refractivity contribution is 6.03. The van der Waals surface area contributed by atoms with Gasteiger partial charge in [-0.05, 0) is 30.7 Å². The summed E-state index contributed by atoms with van der Waals surface area (Å²) in [6.45, 7) is 0.783. The van der Waals surface area contributed by atoms with Crippen LogP contribution in [-0.4, -0.2) is 44.1 Å². The molecule has 1 aliphatic heterocycles. The summed E-state index contributed by atoms with van der Waals surface area (Å²) >= 11 is 0. The van der Waals surface area contributed by atoms with Gasteiger partial charge in [0.15, 0.2) is 6.61 Å². The number of carbonyl (C=O) groups excluding carboxylic acids is 3. The molecule has 2 amide bonds. The minimum Gasteiger partial charge on any atom is -0.492 e. The Hall–Kier alpha value is -3.35. The molecule has 0 spiro atoms. The van der Waals surface area contributed by atoms with E-state index in [1.807, 2.05) is 30.3 Å². The number of nitrogens with zero attached hydrogens (tertiary/aromatic N) is 1. The number of esters is 1. The third-order valence-electron chi connectivity index (χ3n) is 4.26. The molecule has 1 heterocycles. The van der Waals surface area contributed by atoms with Crippen LogP contribution in [0.2, 0.25) is 0 Å². The van der Waals surface area contributed by atoms with Gasteiger partial charge in [-0.2, -0.15) is 0 Å². The van der Waals surface area contributed by atoms with E-state index in [-0.39, 0.29) is 11.5 Å². The molecule has 7 heteroatoms. The SMILES string of the molecule is O=C(COC(=O)c1ccccc1N1CCCC1=O)NCCOc1ccccc1. The van der Waals surface area contributed by atoms with Crippen molar-refractivity contribution in [3.63, 3.8) is 0 Å². The Morgan fingerprint density at radius 1 is 1.04 bits per heavy atom. The van der Waals surface area contributed by atoms with Crippen molar-refractivity contribution in [2.75, 3.05) is 31.2 Å². The van der Waals surface area contributed by atoms with Crippen LogP contribution in [0.15, 0.2) is 54.6 Å². The van der Waals surface area contributed by atoms with Crippen molar-refractivity contribution in [1.29, 1.82) is 0 Å². The van der Waals surface area contributed by atoms with Crippen LogP contribution in [0.3, 0.4) is 0 Å². The average Bonchev–Trinajstić information content (AvgIpc) is 3.16. The number of carbonyl (C=O) groups is 3. The van der Waals surface area contributed by atoms with Gasteiger partial charge >= 0.3 is 5.97 Å². The number of anilines is 1. The van der Waals surface area contributed by atoms with Crippen molar-refractivity contribution < 1.29 is 23.9 Å². The lowest BCUT2D eigenvalue weighted by atomic mass is 10.1. The van der Waals surface area contributed by atoms with Gasteiger partial charge in [-0.1, -0.05) is 30.3 Å². The zero-order chi connectivity index (χ0) is 19.8. The van der Waals surface area contributed by atoms with E-state index in [2.05, 4.69) is 5.32 Å². The molecule has 7 nitrogen and oxygen atoms in total. The molecule has 0 aromatic heterocycles. The topological polar surface area (TPSA) is 84.9 Å². The second-order valence-electron chi connectivity index (χ2n) is 6.25. The summed E-state index contributed by atoms with van der Waals surface area (Å²) in [5.74, 6) is -0.349. The maximum Gasteiger partial charge on any atom is 0.340 e. The maximum atomic E-state index is 12.4. The number of hydrogen-bond acceptors (Lipinski definition) is 5.